The molecule has 1 aromatic heterocycles. The average molecular weight is 268 g/mol. The van der Waals surface area contributed by atoms with Crippen molar-refractivity contribution in [2.24, 2.45) is 5.84 Å². The highest BCUT2D eigenvalue weighted by atomic mass is 19.4. The number of ether oxygens (including phenoxy) is 1. The maximum Gasteiger partial charge on any atom is 0.411 e. The number of halogens is 4. The highest BCUT2D eigenvalue weighted by Crippen LogP contribution is 2.15. The van der Waals surface area contributed by atoms with Gasteiger partial charge >= 0.3 is 6.18 Å². The number of nitrogens with zero attached hydrogens (tertiary/aromatic N) is 2. The number of aryl methyl sites for hydroxylation is 1. The lowest BCUT2D eigenvalue weighted by molar-refractivity contribution is -0.173. The van der Waals surface area contributed by atoms with E-state index in [0.717, 1.165) is 0 Å². The summed E-state index contributed by atoms with van der Waals surface area (Å²) in [5.74, 6) is 4.30. The van der Waals surface area contributed by atoms with Gasteiger partial charge in [0, 0.05) is 6.42 Å². The summed E-state index contributed by atoms with van der Waals surface area (Å²) in [6.45, 7) is -0.151. The summed E-state index contributed by atoms with van der Waals surface area (Å²) < 4.78 is 53.0. The topological polar surface area (TPSA) is 73.1 Å². The van der Waals surface area contributed by atoms with E-state index in [1.54, 1.807) is 0 Å². The van der Waals surface area contributed by atoms with Crippen molar-refractivity contribution in [3.63, 3.8) is 0 Å². The third-order valence-corrected chi connectivity index (χ3v) is 1.94. The molecule has 0 unspecified atom stereocenters. The van der Waals surface area contributed by atoms with Crippen LogP contribution in [0.2, 0.25) is 0 Å². The summed E-state index contributed by atoms with van der Waals surface area (Å²) in [5, 5.41) is 0. The molecule has 0 spiro atoms. The van der Waals surface area contributed by atoms with Crippen LogP contribution in [0.25, 0.3) is 0 Å². The van der Waals surface area contributed by atoms with Crippen LogP contribution in [0.5, 0.6) is 0 Å². The predicted octanol–water partition coefficient (Wildman–Crippen LogP) is 1.33. The number of nitrogens with two attached hydrogens (primary N) is 1. The van der Waals surface area contributed by atoms with E-state index in [4.69, 9.17) is 5.84 Å². The lowest BCUT2D eigenvalue weighted by Crippen LogP contribution is -2.19. The monoisotopic (exact) mass is 268 g/mol. The number of nitrogen functional groups attached to an aromatic ring is 1. The zero-order valence-corrected chi connectivity index (χ0v) is 9.51. The maximum atomic E-state index is 13.3. The van der Waals surface area contributed by atoms with Crippen molar-refractivity contribution in [2.45, 2.75) is 19.5 Å². The lowest BCUT2D eigenvalue weighted by Gasteiger charge is -2.09. The molecule has 18 heavy (non-hydrogen) atoms. The van der Waals surface area contributed by atoms with Gasteiger partial charge < -0.3 is 10.2 Å². The number of hydrogen-bond donors (Lipinski definition) is 2. The van der Waals surface area contributed by atoms with Crippen molar-refractivity contribution < 1.29 is 22.3 Å². The van der Waals surface area contributed by atoms with E-state index in [2.05, 4.69) is 14.7 Å². The number of nitrogens with one attached hydrogen (secondary N) is 1. The van der Waals surface area contributed by atoms with Crippen molar-refractivity contribution in [1.82, 2.24) is 9.97 Å². The molecule has 0 fully saturated rings. The van der Waals surface area contributed by atoms with E-state index < -0.39 is 18.6 Å². The van der Waals surface area contributed by atoms with Gasteiger partial charge in [-0.3, -0.25) is 0 Å². The molecule has 0 amide bonds. The summed E-state index contributed by atoms with van der Waals surface area (Å²) in [7, 11) is 0. The molecule has 0 radical (unpaired) electrons. The third kappa shape index (κ3) is 4.41. The first-order valence-corrected chi connectivity index (χ1v) is 4.97. The molecular weight excluding hydrogens is 256 g/mol. The second-order valence-electron chi connectivity index (χ2n) is 3.45. The summed E-state index contributed by atoms with van der Waals surface area (Å²) in [6.07, 6.45) is -4.34. The second-order valence-corrected chi connectivity index (χ2v) is 3.45. The Morgan fingerprint density at radius 2 is 2.00 bits per heavy atom. The molecular formula is C9H12F4N4O. The van der Waals surface area contributed by atoms with Gasteiger partial charge in [-0.25, -0.2) is 20.2 Å². The molecule has 0 aliphatic carbocycles. The number of rotatable bonds is 5. The maximum absolute atomic E-state index is 13.3. The van der Waals surface area contributed by atoms with Gasteiger partial charge in [-0.15, -0.1) is 0 Å². The summed E-state index contributed by atoms with van der Waals surface area (Å²) in [4.78, 5) is 7.47. The van der Waals surface area contributed by atoms with Gasteiger partial charge in [0.1, 0.15) is 12.4 Å². The van der Waals surface area contributed by atoms with Gasteiger partial charge in [0.25, 0.3) is 0 Å². The first kappa shape index (κ1) is 14.6. The normalized spacial score (nSPS) is 11.7. The number of aromatic nitrogens is 2. The zero-order valence-electron chi connectivity index (χ0n) is 9.51. The van der Waals surface area contributed by atoms with Crippen LogP contribution in [0.1, 0.15) is 11.5 Å². The van der Waals surface area contributed by atoms with Crippen LogP contribution in [0, 0.1) is 12.7 Å². The van der Waals surface area contributed by atoms with Crippen molar-refractivity contribution in [2.75, 3.05) is 18.6 Å². The minimum atomic E-state index is -4.37. The Labute approximate surface area is 100 Å². The molecule has 0 aliphatic heterocycles. The van der Waals surface area contributed by atoms with E-state index in [1.807, 2.05) is 5.43 Å². The van der Waals surface area contributed by atoms with Crippen molar-refractivity contribution >= 4 is 5.82 Å². The van der Waals surface area contributed by atoms with Crippen LogP contribution in [0.3, 0.4) is 0 Å². The molecule has 1 heterocycles. The number of anilines is 1. The van der Waals surface area contributed by atoms with Gasteiger partial charge in [0.2, 0.25) is 0 Å². The zero-order chi connectivity index (χ0) is 13.8. The van der Waals surface area contributed by atoms with Gasteiger partial charge in [0.15, 0.2) is 11.6 Å². The SMILES string of the molecule is Cc1nc(CCOCC(F)(F)F)nc(NN)c1F. The highest BCUT2D eigenvalue weighted by Gasteiger charge is 2.27. The minimum absolute atomic E-state index is 0.0336. The van der Waals surface area contributed by atoms with Gasteiger partial charge in [-0.1, -0.05) is 0 Å². The second kappa shape index (κ2) is 5.91. The quantitative estimate of drug-likeness (QED) is 0.365. The fraction of sp³-hybridized carbons (Fsp3) is 0.556. The van der Waals surface area contributed by atoms with Crippen LogP contribution >= 0.6 is 0 Å². The molecule has 0 saturated heterocycles. The smallest absolute Gasteiger partial charge is 0.372 e. The summed E-state index contributed by atoms with van der Waals surface area (Å²) in [5.41, 5.74) is 2.10. The van der Waals surface area contributed by atoms with E-state index >= 15 is 0 Å². The van der Waals surface area contributed by atoms with Gasteiger partial charge in [-0.05, 0) is 6.92 Å². The summed E-state index contributed by atoms with van der Waals surface area (Å²) in [6, 6.07) is 0. The highest BCUT2D eigenvalue weighted by molar-refractivity contribution is 5.36. The third-order valence-electron chi connectivity index (χ3n) is 1.94. The number of hydrogen-bond acceptors (Lipinski definition) is 5. The molecule has 0 bridgehead atoms. The first-order chi connectivity index (χ1) is 8.33. The average Bonchev–Trinajstić information content (AvgIpc) is 2.27. The molecule has 9 heteroatoms. The molecule has 0 saturated carbocycles. The molecule has 0 aromatic carbocycles. The Morgan fingerprint density at radius 3 is 2.56 bits per heavy atom. The van der Waals surface area contributed by atoms with Crippen LogP contribution in [0.4, 0.5) is 23.4 Å². The minimum Gasteiger partial charge on any atom is -0.372 e. The van der Waals surface area contributed by atoms with E-state index in [1.165, 1.54) is 6.92 Å². The summed E-state index contributed by atoms with van der Waals surface area (Å²) >= 11 is 0. The van der Waals surface area contributed by atoms with Crippen molar-refractivity contribution in [3.8, 4) is 0 Å². The van der Waals surface area contributed by atoms with Crippen molar-refractivity contribution in [3.05, 3.63) is 17.3 Å². The largest absolute Gasteiger partial charge is 0.411 e. The van der Waals surface area contributed by atoms with Crippen LogP contribution < -0.4 is 11.3 Å². The van der Waals surface area contributed by atoms with Gasteiger partial charge in [0.05, 0.1) is 12.3 Å². The predicted molar refractivity (Wildman–Crippen MR) is 55.1 cm³/mol. The Bertz CT molecular complexity index is 410. The molecule has 0 aliphatic rings. The van der Waals surface area contributed by atoms with Gasteiger partial charge in [-0.2, -0.15) is 13.2 Å². The van der Waals surface area contributed by atoms with E-state index in [9.17, 15) is 17.6 Å². The fourth-order valence-corrected chi connectivity index (χ4v) is 1.18. The molecule has 0 atom stereocenters. The molecule has 102 valence electrons. The first-order valence-electron chi connectivity index (χ1n) is 4.97. The molecule has 1 aromatic rings. The molecule has 5 nitrogen and oxygen atoms in total. The Hall–Kier alpha value is -1.48. The Morgan fingerprint density at radius 1 is 1.33 bits per heavy atom. The molecule has 1 rings (SSSR count). The Kier molecular flexibility index (Phi) is 4.79. The van der Waals surface area contributed by atoms with Crippen LogP contribution in [-0.4, -0.2) is 29.4 Å². The lowest BCUT2D eigenvalue weighted by atomic mass is 10.3. The van der Waals surface area contributed by atoms with E-state index in [-0.39, 0.29) is 30.4 Å². The van der Waals surface area contributed by atoms with Crippen LogP contribution in [-0.2, 0) is 11.2 Å². The van der Waals surface area contributed by atoms with Crippen LogP contribution in [0.15, 0.2) is 0 Å². The number of hydrazine groups is 1. The molecule has 3 N–H and O–H groups in total. The van der Waals surface area contributed by atoms with Crippen molar-refractivity contribution in [1.29, 1.82) is 0 Å². The standard InChI is InChI=1S/C9H12F4N4O/c1-5-7(10)8(17-14)16-6(15-5)2-3-18-4-9(11,12)13/h2-4,14H2,1H3,(H,15,16,17). The number of alkyl halides is 3. The Balaban J connectivity index is 2.55. The fourth-order valence-electron chi connectivity index (χ4n) is 1.18. The van der Waals surface area contributed by atoms with E-state index in [0.29, 0.717) is 0 Å².